The third kappa shape index (κ3) is 6.59. The minimum atomic E-state index is -0.471. The summed E-state index contributed by atoms with van der Waals surface area (Å²) in [7, 11) is 6.29. The summed E-state index contributed by atoms with van der Waals surface area (Å²) >= 11 is 0. The average Bonchev–Trinajstić information content (AvgIpc) is 3.82. The van der Waals surface area contributed by atoms with Gasteiger partial charge in [0, 0.05) is 42.4 Å². The highest BCUT2D eigenvalue weighted by molar-refractivity contribution is 6.05. The number of ether oxygens (including phenoxy) is 3. The molecule has 0 bridgehead atoms. The smallest absolute Gasteiger partial charge is 0.337 e. The van der Waals surface area contributed by atoms with Crippen LogP contribution >= 0.6 is 0 Å². The van der Waals surface area contributed by atoms with Crippen LogP contribution in [-0.2, 0) is 24.9 Å². The van der Waals surface area contributed by atoms with E-state index in [2.05, 4.69) is 10.4 Å². The molecular weight excluding hydrogens is 560 g/mol. The number of hydrogen-bond donors (Lipinski definition) is 1. The molecule has 1 aromatic heterocycles. The fourth-order valence-electron chi connectivity index (χ4n) is 5.08. The fourth-order valence-corrected chi connectivity index (χ4v) is 5.08. The number of anilines is 1. The van der Waals surface area contributed by atoms with Gasteiger partial charge in [0.1, 0.15) is 17.2 Å². The maximum absolute atomic E-state index is 14.1. The molecule has 1 fully saturated rings. The van der Waals surface area contributed by atoms with Gasteiger partial charge in [-0.2, -0.15) is 5.10 Å². The molecule has 44 heavy (non-hydrogen) atoms. The minimum Gasteiger partial charge on any atom is -0.497 e. The van der Waals surface area contributed by atoms with E-state index in [1.54, 1.807) is 61.2 Å². The highest BCUT2D eigenvalue weighted by Gasteiger charge is 2.30. The zero-order valence-electron chi connectivity index (χ0n) is 25.5. The molecule has 1 aliphatic rings. The first-order valence-electron chi connectivity index (χ1n) is 14.3. The molecule has 0 radical (unpaired) electrons. The number of nitrogens with zero attached hydrogens (tertiary/aromatic N) is 3. The zero-order chi connectivity index (χ0) is 31.4. The van der Waals surface area contributed by atoms with Gasteiger partial charge in [0.25, 0.3) is 11.8 Å². The SMILES string of the molecule is COC(=O)c1ccc(C(=O)Nc2cccc(CN(Cc3ccc(OC)cc3OC)C(=O)c3cc(C4CC4)nn3C)c2C)cc1. The van der Waals surface area contributed by atoms with Gasteiger partial charge in [0.2, 0.25) is 0 Å². The molecule has 3 aromatic carbocycles. The Hall–Kier alpha value is -5.12. The summed E-state index contributed by atoms with van der Waals surface area (Å²) in [4.78, 5) is 40.7. The first-order chi connectivity index (χ1) is 21.2. The van der Waals surface area contributed by atoms with Gasteiger partial charge in [-0.15, -0.1) is 0 Å². The third-order valence-electron chi connectivity index (χ3n) is 7.88. The molecular formula is C34H36N4O6. The summed E-state index contributed by atoms with van der Waals surface area (Å²) in [5.41, 5.74) is 5.35. The molecule has 10 nitrogen and oxygen atoms in total. The molecule has 0 spiro atoms. The largest absolute Gasteiger partial charge is 0.497 e. The highest BCUT2D eigenvalue weighted by atomic mass is 16.5. The predicted octanol–water partition coefficient (Wildman–Crippen LogP) is 5.50. The zero-order valence-corrected chi connectivity index (χ0v) is 25.5. The van der Waals surface area contributed by atoms with Crippen molar-refractivity contribution in [2.24, 2.45) is 7.05 Å². The Labute approximate surface area is 256 Å². The molecule has 2 amide bonds. The van der Waals surface area contributed by atoms with E-state index in [4.69, 9.17) is 14.2 Å². The Morgan fingerprint density at radius 3 is 2.27 bits per heavy atom. The lowest BCUT2D eigenvalue weighted by molar-refractivity contribution is 0.0600. The second-order valence-electron chi connectivity index (χ2n) is 10.8. The maximum atomic E-state index is 14.1. The molecule has 1 saturated carbocycles. The van der Waals surface area contributed by atoms with Crippen LogP contribution in [0.25, 0.3) is 0 Å². The van der Waals surface area contributed by atoms with Crippen LogP contribution in [0.2, 0.25) is 0 Å². The van der Waals surface area contributed by atoms with E-state index in [0.29, 0.717) is 39.9 Å². The number of hydrogen-bond acceptors (Lipinski definition) is 7. The Bertz CT molecular complexity index is 1690. The van der Waals surface area contributed by atoms with Crippen molar-refractivity contribution in [3.63, 3.8) is 0 Å². The monoisotopic (exact) mass is 596 g/mol. The summed E-state index contributed by atoms with van der Waals surface area (Å²) < 4.78 is 17.4. The van der Waals surface area contributed by atoms with Crippen molar-refractivity contribution in [3.05, 3.63) is 106 Å². The van der Waals surface area contributed by atoms with Crippen molar-refractivity contribution < 1.29 is 28.6 Å². The number of esters is 1. The summed E-state index contributed by atoms with van der Waals surface area (Å²) in [5, 5.41) is 7.58. The predicted molar refractivity (Wildman–Crippen MR) is 165 cm³/mol. The van der Waals surface area contributed by atoms with Crippen molar-refractivity contribution in [1.82, 2.24) is 14.7 Å². The molecule has 4 aromatic rings. The minimum absolute atomic E-state index is 0.163. The van der Waals surface area contributed by atoms with Crippen LogP contribution in [0.5, 0.6) is 11.5 Å². The first kappa shape index (κ1) is 30.3. The van der Waals surface area contributed by atoms with Crippen LogP contribution in [0, 0.1) is 6.92 Å². The van der Waals surface area contributed by atoms with Crippen molar-refractivity contribution in [1.29, 1.82) is 0 Å². The van der Waals surface area contributed by atoms with Crippen LogP contribution < -0.4 is 14.8 Å². The summed E-state index contributed by atoms with van der Waals surface area (Å²) in [5.74, 6) is 0.730. The second-order valence-corrected chi connectivity index (χ2v) is 10.8. The van der Waals surface area contributed by atoms with Crippen LogP contribution in [0.15, 0.2) is 66.7 Å². The third-order valence-corrected chi connectivity index (χ3v) is 7.88. The number of carbonyl (C=O) groups excluding carboxylic acids is 3. The highest BCUT2D eigenvalue weighted by Crippen LogP contribution is 2.39. The van der Waals surface area contributed by atoms with Crippen molar-refractivity contribution in [2.75, 3.05) is 26.6 Å². The average molecular weight is 597 g/mol. The molecule has 10 heteroatoms. The number of benzene rings is 3. The number of amides is 2. The van der Waals surface area contributed by atoms with Crippen LogP contribution in [0.1, 0.15) is 72.3 Å². The van der Waals surface area contributed by atoms with Gasteiger partial charge in [-0.25, -0.2) is 4.79 Å². The lowest BCUT2D eigenvalue weighted by atomic mass is 10.0. The molecule has 228 valence electrons. The van der Waals surface area contributed by atoms with Crippen molar-refractivity contribution in [2.45, 2.75) is 38.8 Å². The maximum Gasteiger partial charge on any atom is 0.337 e. The number of nitrogens with one attached hydrogen (secondary N) is 1. The van der Waals surface area contributed by atoms with Gasteiger partial charge in [0.15, 0.2) is 0 Å². The van der Waals surface area contributed by atoms with Crippen LogP contribution in [0.3, 0.4) is 0 Å². The molecule has 0 saturated heterocycles. The van der Waals surface area contributed by atoms with Gasteiger partial charge in [-0.05, 0) is 79.4 Å². The molecule has 0 aliphatic heterocycles. The van der Waals surface area contributed by atoms with E-state index < -0.39 is 5.97 Å². The van der Waals surface area contributed by atoms with Gasteiger partial charge in [0.05, 0.1) is 39.1 Å². The number of rotatable bonds is 11. The Kier molecular flexibility index (Phi) is 8.99. The lowest BCUT2D eigenvalue weighted by Crippen LogP contribution is -2.32. The van der Waals surface area contributed by atoms with E-state index >= 15 is 0 Å². The molecule has 5 rings (SSSR count). The van der Waals surface area contributed by atoms with Crippen molar-refractivity contribution >= 4 is 23.5 Å². The molecule has 1 N–H and O–H groups in total. The molecule has 1 aliphatic carbocycles. The molecule has 0 atom stereocenters. The second kappa shape index (κ2) is 13.0. The van der Waals surface area contributed by atoms with Crippen LogP contribution in [0.4, 0.5) is 5.69 Å². The standard InChI is InChI=1S/C34H36N4O6/c1-21-25(7-6-8-28(21)35-32(39)23-11-13-24(14-12-23)34(41)44-5)19-38(20-26-15-16-27(42-3)17-31(26)43-4)33(40)30-18-29(22-9-10-22)36-37(30)2/h6-8,11-18,22H,9-10,19-20H2,1-5H3,(H,35,39). The summed E-state index contributed by atoms with van der Waals surface area (Å²) in [6.45, 7) is 2.47. The van der Waals surface area contributed by atoms with E-state index in [-0.39, 0.29) is 24.9 Å². The fraction of sp³-hybridized carbons (Fsp3) is 0.294. The van der Waals surface area contributed by atoms with Gasteiger partial charge < -0.3 is 24.4 Å². The van der Waals surface area contributed by atoms with E-state index in [9.17, 15) is 14.4 Å². The number of aromatic nitrogens is 2. The van der Waals surface area contributed by atoms with Crippen LogP contribution in [-0.4, -0.2) is 53.8 Å². The van der Waals surface area contributed by atoms with Crippen molar-refractivity contribution in [3.8, 4) is 11.5 Å². The topological polar surface area (TPSA) is 112 Å². The number of aryl methyl sites for hydroxylation is 1. The molecule has 1 heterocycles. The van der Waals surface area contributed by atoms with Gasteiger partial charge in [-0.1, -0.05) is 12.1 Å². The van der Waals surface area contributed by atoms with Gasteiger partial charge >= 0.3 is 5.97 Å². The quantitative estimate of drug-likeness (QED) is 0.228. The molecule has 0 unspecified atom stereocenters. The Morgan fingerprint density at radius 1 is 0.909 bits per heavy atom. The van der Waals surface area contributed by atoms with E-state index in [0.717, 1.165) is 35.2 Å². The Balaban J connectivity index is 1.42. The first-order valence-corrected chi connectivity index (χ1v) is 14.3. The summed E-state index contributed by atoms with van der Waals surface area (Å²) in [6.07, 6.45) is 2.18. The Morgan fingerprint density at radius 2 is 1.61 bits per heavy atom. The number of methoxy groups -OCH3 is 3. The summed E-state index contributed by atoms with van der Waals surface area (Å²) in [6, 6.07) is 19.3. The van der Waals surface area contributed by atoms with E-state index in [1.807, 2.05) is 43.3 Å². The van der Waals surface area contributed by atoms with E-state index in [1.165, 1.54) is 7.11 Å². The number of carbonyl (C=O) groups is 3. The normalized spacial score (nSPS) is 12.4. The van der Waals surface area contributed by atoms with Gasteiger partial charge in [-0.3, -0.25) is 14.3 Å². The lowest BCUT2D eigenvalue weighted by Gasteiger charge is -2.25.